The van der Waals surface area contributed by atoms with Gasteiger partial charge in [0.1, 0.15) is 0 Å². The van der Waals surface area contributed by atoms with Crippen LogP contribution >= 0.6 is 0 Å². The van der Waals surface area contributed by atoms with E-state index in [0.717, 1.165) is 11.8 Å². The Kier molecular flexibility index (Phi) is 4.45. The summed E-state index contributed by atoms with van der Waals surface area (Å²) in [5.41, 5.74) is 0.783. The fourth-order valence-corrected chi connectivity index (χ4v) is 1.83. The molecule has 0 aliphatic heterocycles. The minimum Gasteiger partial charge on any atom is -0.368 e. The van der Waals surface area contributed by atoms with E-state index >= 15 is 0 Å². The van der Waals surface area contributed by atoms with Gasteiger partial charge >= 0.3 is 0 Å². The van der Waals surface area contributed by atoms with Gasteiger partial charge < -0.3 is 10.2 Å². The van der Waals surface area contributed by atoms with E-state index in [4.69, 9.17) is 0 Å². The molecule has 0 atom stereocenters. The van der Waals surface area contributed by atoms with Crippen LogP contribution in [0, 0.1) is 11.6 Å². The summed E-state index contributed by atoms with van der Waals surface area (Å²) >= 11 is 0. The molecule has 0 radical (unpaired) electrons. The van der Waals surface area contributed by atoms with Gasteiger partial charge in [0, 0.05) is 25.9 Å². The fourth-order valence-electron chi connectivity index (χ4n) is 1.83. The maximum absolute atomic E-state index is 13.8. The zero-order chi connectivity index (χ0) is 14.5. The van der Waals surface area contributed by atoms with E-state index in [1.165, 1.54) is 0 Å². The number of halogens is 2. The zero-order valence-corrected chi connectivity index (χ0v) is 11.4. The molecule has 2 heterocycles. The van der Waals surface area contributed by atoms with Crippen LogP contribution in [0.5, 0.6) is 0 Å². The van der Waals surface area contributed by atoms with E-state index < -0.39 is 11.6 Å². The largest absolute Gasteiger partial charge is 0.368 e. The van der Waals surface area contributed by atoms with Gasteiger partial charge in [-0.25, -0.2) is 13.8 Å². The second-order valence-corrected chi connectivity index (χ2v) is 4.33. The lowest BCUT2D eigenvalue weighted by Gasteiger charge is -2.19. The fraction of sp³-hybridized carbons (Fsp3) is 0.286. The Hall–Kier alpha value is -2.24. The summed E-state index contributed by atoms with van der Waals surface area (Å²) in [6.07, 6.45) is 1.67. The van der Waals surface area contributed by atoms with Crippen LogP contribution in [0.25, 0.3) is 0 Å². The Morgan fingerprint density at radius 3 is 2.70 bits per heavy atom. The van der Waals surface area contributed by atoms with Crippen molar-refractivity contribution in [2.24, 2.45) is 0 Å². The molecule has 0 aliphatic rings. The molecule has 2 rings (SSSR count). The lowest BCUT2D eigenvalue weighted by molar-refractivity contribution is 0.572. The number of aromatic nitrogens is 2. The Bertz CT molecular complexity index is 575. The zero-order valence-electron chi connectivity index (χ0n) is 11.4. The number of nitrogens with one attached hydrogen (secondary N) is 1. The van der Waals surface area contributed by atoms with E-state index in [1.54, 1.807) is 18.1 Å². The summed E-state index contributed by atoms with van der Waals surface area (Å²) < 4.78 is 27.3. The van der Waals surface area contributed by atoms with Gasteiger partial charge in [0.05, 0.1) is 12.2 Å². The summed E-state index contributed by atoms with van der Waals surface area (Å²) in [5.74, 6) is -1.24. The molecular formula is C14H16F2N4. The van der Waals surface area contributed by atoms with Gasteiger partial charge in [-0.2, -0.15) is 0 Å². The van der Waals surface area contributed by atoms with Crippen molar-refractivity contribution in [3.63, 3.8) is 0 Å². The van der Waals surface area contributed by atoms with Crippen LogP contribution in [0.3, 0.4) is 0 Å². The van der Waals surface area contributed by atoms with Crippen molar-refractivity contribution in [3.8, 4) is 0 Å². The highest BCUT2D eigenvalue weighted by molar-refractivity contribution is 5.49. The molecule has 4 nitrogen and oxygen atoms in total. The SMILES string of the molecule is CCNc1nc(N(C)Cc2ccccn2)c(F)cc1F. The van der Waals surface area contributed by atoms with Crippen LogP contribution < -0.4 is 10.2 Å². The quantitative estimate of drug-likeness (QED) is 0.913. The lowest BCUT2D eigenvalue weighted by atomic mass is 10.3. The second kappa shape index (κ2) is 6.27. The molecule has 0 bridgehead atoms. The van der Waals surface area contributed by atoms with Crippen molar-refractivity contribution < 1.29 is 8.78 Å². The predicted molar refractivity (Wildman–Crippen MR) is 74.7 cm³/mol. The molecule has 2 aromatic heterocycles. The standard InChI is InChI=1S/C14H16F2N4/c1-3-17-13-11(15)8-12(16)14(19-13)20(2)9-10-6-4-5-7-18-10/h4-8H,3,9H2,1-2H3,(H,17,19). The molecule has 20 heavy (non-hydrogen) atoms. The topological polar surface area (TPSA) is 41.1 Å². The number of rotatable bonds is 5. The smallest absolute Gasteiger partial charge is 0.168 e. The summed E-state index contributed by atoms with van der Waals surface area (Å²) in [7, 11) is 1.69. The van der Waals surface area contributed by atoms with Crippen LogP contribution in [0.1, 0.15) is 12.6 Å². The summed E-state index contributed by atoms with van der Waals surface area (Å²) in [6.45, 7) is 2.72. The van der Waals surface area contributed by atoms with Crippen molar-refractivity contribution in [2.45, 2.75) is 13.5 Å². The van der Waals surface area contributed by atoms with Crippen LogP contribution in [-0.4, -0.2) is 23.6 Å². The van der Waals surface area contributed by atoms with Gasteiger partial charge in [-0.3, -0.25) is 4.98 Å². The van der Waals surface area contributed by atoms with E-state index in [2.05, 4.69) is 15.3 Å². The molecule has 0 fully saturated rings. The minimum absolute atomic E-state index is 0.0526. The molecule has 0 unspecified atom stereocenters. The lowest BCUT2D eigenvalue weighted by Crippen LogP contribution is -2.21. The second-order valence-electron chi connectivity index (χ2n) is 4.33. The third kappa shape index (κ3) is 3.20. The Balaban J connectivity index is 2.25. The van der Waals surface area contributed by atoms with Gasteiger partial charge in [-0.1, -0.05) is 6.07 Å². The average molecular weight is 278 g/mol. The monoisotopic (exact) mass is 278 g/mol. The third-order valence-electron chi connectivity index (χ3n) is 2.74. The number of anilines is 2. The number of nitrogens with zero attached hydrogens (tertiary/aromatic N) is 3. The van der Waals surface area contributed by atoms with E-state index in [1.807, 2.05) is 25.1 Å². The van der Waals surface area contributed by atoms with Crippen LogP contribution in [0.15, 0.2) is 30.5 Å². The maximum Gasteiger partial charge on any atom is 0.168 e. The number of pyridine rings is 2. The highest BCUT2D eigenvalue weighted by Crippen LogP contribution is 2.22. The summed E-state index contributed by atoms with van der Waals surface area (Å²) in [4.78, 5) is 9.76. The first-order valence-corrected chi connectivity index (χ1v) is 6.32. The van der Waals surface area contributed by atoms with E-state index in [9.17, 15) is 8.78 Å². The molecule has 6 heteroatoms. The maximum atomic E-state index is 13.8. The van der Waals surface area contributed by atoms with Crippen molar-refractivity contribution >= 4 is 11.6 Å². The van der Waals surface area contributed by atoms with Crippen LogP contribution in [0.4, 0.5) is 20.4 Å². The highest BCUT2D eigenvalue weighted by atomic mass is 19.1. The molecule has 106 valence electrons. The van der Waals surface area contributed by atoms with Crippen molar-refractivity contribution in [3.05, 3.63) is 47.8 Å². The predicted octanol–water partition coefficient (Wildman–Crippen LogP) is 2.82. The van der Waals surface area contributed by atoms with Gasteiger partial charge in [0.2, 0.25) is 0 Å². The Labute approximate surface area is 116 Å². The molecule has 0 aliphatic carbocycles. The summed E-state index contributed by atoms with van der Waals surface area (Å²) in [5, 5.41) is 2.77. The normalized spacial score (nSPS) is 10.4. The van der Waals surface area contributed by atoms with Gasteiger partial charge in [0.15, 0.2) is 23.3 Å². The first-order chi connectivity index (χ1) is 9.61. The molecule has 0 amide bonds. The third-order valence-corrected chi connectivity index (χ3v) is 2.74. The minimum atomic E-state index is -0.695. The number of hydrogen-bond acceptors (Lipinski definition) is 4. The van der Waals surface area contributed by atoms with Gasteiger partial charge in [-0.15, -0.1) is 0 Å². The molecule has 1 N–H and O–H groups in total. The van der Waals surface area contributed by atoms with Gasteiger partial charge in [-0.05, 0) is 19.1 Å². The Morgan fingerprint density at radius 1 is 1.25 bits per heavy atom. The van der Waals surface area contributed by atoms with Crippen molar-refractivity contribution in [1.82, 2.24) is 9.97 Å². The number of hydrogen-bond donors (Lipinski definition) is 1. The first-order valence-electron chi connectivity index (χ1n) is 6.32. The molecule has 2 aromatic rings. The molecule has 0 spiro atoms. The van der Waals surface area contributed by atoms with Crippen LogP contribution in [0.2, 0.25) is 0 Å². The van der Waals surface area contributed by atoms with Crippen LogP contribution in [-0.2, 0) is 6.54 Å². The van der Waals surface area contributed by atoms with Gasteiger partial charge in [0.25, 0.3) is 0 Å². The van der Waals surface area contributed by atoms with E-state index in [0.29, 0.717) is 13.1 Å². The molecule has 0 saturated carbocycles. The average Bonchev–Trinajstić information content (AvgIpc) is 2.43. The first kappa shape index (κ1) is 14.2. The molecular weight excluding hydrogens is 262 g/mol. The summed E-state index contributed by atoms with van der Waals surface area (Å²) in [6, 6.07) is 6.34. The van der Waals surface area contributed by atoms with Crippen molar-refractivity contribution in [2.75, 3.05) is 23.8 Å². The van der Waals surface area contributed by atoms with E-state index in [-0.39, 0.29) is 11.6 Å². The molecule has 0 aromatic carbocycles. The van der Waals surface area contributed by atoms with Crippen molar-refractivity contribution in [1.29, 1.82) is 0 Å². The Morgan fingerprint density at radius 2 is 2.05 bits per heavy atom. The highest BCUT2D eigenvalue weighted by Gasteiger charge is 2.15. The molecule has 0 saturated heterocycles.